The van der Waals surface area contributed by atoms with E-state index < -0.39 is 0 Å². The summed E-state index contributed by atoms with van der Waals surface area (Å²) in [7, 11) is 0. The monoisotopic (exact) mass is 216 g/mol. The van der Waals surface area contributed by atoms with E-state index in [4.69, 9.17) is 5.73 Å². The Labute approximate surface area is 90.0 Å². The SMILES string of the molecule is Nc1c(-c2ccccn2)nc2sccn12. The fourth-order valence-electron chi connectivity index (χ4n) is 1.49. The van der Waals surface area contributed by atoms with Crippen LogP contribution in [0.2, 0.25) is 0 Å². The summed E-state index contributed by atoms with van der Waals surface area (Å²) >= 11 is 1.56. The number of hydrogen-bond acceptors (Lipinski definition) is 4. The maximum absolute atomic E-state index is 5.98. The molecular weight excluding hydrogens is 208 g/mol. The largest absolute Gasteiger partial charge is 0.383 e. The van der Waals surface area contributed by atoms with Gasteiger partial charge in [-0.2, -0.15) is 0 Å². The number of thiazole rings is 1. The summed E-state index contributed by atoms with van der Waals surface area (Å²) < 4.78 is 1.87. The summed E-state index contributed by atoms with van der Waals surface area (Å²) in [6.07, 6.45) is 3.65. The van der Waals surface area contributed by atoms with E-state index in [1.807, 2.05) is 34.2 Å². The van der Waals surface area contributed by atoms with Crippen LogP contribution in [0.15, 0.2) is 36.0 Å². The minimum Gasteiger partial charge on any atom is -0.383 e. The molecule has 3 rings (SSSR count). The van der Waals surface area contributed by atoms with Crippen molar-refractivity contribution in [3.8, 4) is 11.4 Å². The molecule has 0 bridgehead atoms. The van der Waals surface area contributed by atoms with E-state index in [1.165, 1.54) is 0 Å². The summed E-state index contributed by atoms with van der Waals surface area (Å²) in [5.74, 6) is 0.643. The smallest absolute Gasteiger partial charge is 0.195 e. The normalized spacial score (nSPS) is 10.9. The number of pyridine rings is 1. The first-order valence-electron chi connectivity index (χ1n) is 4.48. The first-order chi connectivity index (χ1) is 7.36. The molecule has 0 spiro atoms. The van der Waals surface area contributed by atoms with Gasteiger partial charge in [-0.1, -0.05) is 6.07 Å². The Hall–Kier alpha value is -1.88. The van der Waals surface area contributed by atoms with Gasteiger partial charge in [0.2, 0.25) is 0 Å². The second kappa shape index (κ2) is 3.06. The van der Waals surface area contributed by atoms with Crippen molar-refractivity contribution in [2.75, 3.05) is 5.73 Å². The highest BCUT2D eigenvalue weighted by atomic mass is 32.1. The van der Waals surface area contributed by atoms with Gasteiger partial charge in [0.25, 0.3) is 0 Å². The molecule has 0 aliphatic rings. The van der Waals surface area contributed by atoms with E-state index in [1.54, 1.807) is 17.5 Å². The average Bonchev–Trinajstić information content (AvgIpc) is 2.83. The van der Waals surface area contributed by atoms with E-state index in [-0.39, 0.29) is 0 Å². The lowest BCUT2D eigenvalue weighted by molar-refractivity contribution is 1.24. The van der Waals surface area contributed by atoms with Crippen molar-refractivity contribution in [3.05, 3.63) is 36.0 Å². The quantitative estimate of drug-likeness (QED) is 0.677. The van der Waals surface area contributed by atoms with Crippen molar-refractivity contribution in [3.63, 3.8) is 0 Å². The van der Waals surface area contributed by atoms with Crippen molar-refractivity contribution in [1.82, 2.24) is 14.4 Å². The Bertz CT molecular complexity index is 596. The number of fused-ring (bicyclic) bond motifs is 1. The van der Waals surface area contributed by atoms with Gasteiger partial charge in [0.15, 0.2) is 4.96 Å². The van der Waals surface area contributed by atoms with Gasteiger partial charge in [-0.05, 0) is 12.1 Å². The Kier molecular flexibility index (Phi) is 1.72. The van der Waals surface area contributed by atoms with E-state index in [2.05, 4.69) is 9.97 Å². The molecule has 4 nitrogen and oxygen atoms in total. The molecule has 3 heterocycles. The Morgan fingerprint density at radius 3 is 3.00 bits per heavy atom. The predicted molar refractivity (Wildman–Crippen MR) is 60.7 cm³/mol. The second-order valence-corrected chi connectivity index (χ2v) is 3.99. The lowest BCUT2D eigenvalue weighted by Crippen LogP contribution is -1.93. The van der Waals surface area contributed by atoms with Gasteiger partial charge in [0, 0.05) is 17.8 Å². The summed E-state index contributed by atoms with van der Waals surface area (Å²) in [6.45, 7) is 0. The third-order valence-corrected chi connectivity index (χ3v) is 2.96. The summed E-state index contributed by atoms with van der Waals surface area (Å²) in [5, 5.41) is 1.96. The molecule has 0 radical (unpaired) electrons. The van der Waals surface area contributed by atoms with Crippen LogP contribution in [-0.2, 0) is 0 Å². The highest BCUT2D eigenvalue weighted by molar-refractivity contribution is 7.15. The zero-order chi connectivity index (χ0) is 10.3. The third kappa shape index (κ3) is 1.20. The van der Waals surface area contributed by atoms with Crippen molar-refractivity contribution >= 4 is 22.1 Å². The van der Waals surface area contributed by atoms with Gasteiger partial charge in [0.1, 0.15) is 11.5 Å². The molecule has 3 aromatic heterocycles. The predicted octanol–water partition coefficient (Wildman–Crippen LogP) is 2.04. The van der Waals surface area contributed by atoms with E-state index in [9.17, 15) is 0 Å². The number of rotatable bonds is 1. The number of nitrogens with two attached hydrogens (primary N) is 1. The Balaban J connectivity index is 2.27. The van der Waals surface area contributed by atoms with Crippen LogP contribution in [-0.4, -0.2) is 14.4 Å². The fraction of sp³-hybridized carbons (Fsp3) is 0. The molecule has 0 saturated carbocycles. The van der Waals surface area contributed by atoms with Crippen LogP contribution < -0.4 is 5.73 Å². The highest BCUT2D eigenvalue weighted by Gasteiger charge is 2.12. The topological polar surface area (TPSA) is 56.2 Å². The van der Waals surface area contributed by atoms with Crippen LogP contribution in [0.5, 0.6) is 0 Å². The summed E-state index contributed by atoms with van der Waals surface area (Å²) in [6, 6.07) is 5.70. The lowest BCUT2D eigenvalue weighted by atomic mass is 10.3. The standard InChI is InChI=1S/C10H8N4S/c11-9-8(7-3-1-2-4-12-7)13-10-14(9)5-6-15-10/h1-6H,11H2. The lowest BCUT2D eigenvalue weighted by Gasteiger charge is -1.96. The number of anilines is 1. The molecule has 0 aliphatic heterocycles. The van der Waals surface area contributed by atoms with Crippen LogP contribution in [0.25, 0.3) is 16.3 Å². The van der Waals surface area contributed by atoms with Crippen LogP contribution >= 0.6 is 11.3 Å². The number of nitrogen functional groups attached to an aromatic ring is 1. The molecular formula is C10H8N4S. The Morgan fingerprint density at radius 1 is 1.33 bits per heavy atom. The molecule has 0 fully saturated rings. The van der Waals surface area contributed by atoms with Crippen LogP contribution in [0.3, 0.4) is 0 Å². The molecule has 0 unspecified atom stereocenters. The van der Waals surface area contributed by atoms with Gasteiger partial charge in [-0.25, -0.2) is 4.98 Å². The maximum Gasteiger partial charge on any atom is 0.195 e. The van der Waals surface area contributed by atoms with E-state index in [0.29, 0.717) is 5.82 Å². The van der Waals surface area contributed by atoms with Gasteiger partial charge in [0.05, 0.1) is 5.69 Å². The minimum atomic E-state index is 0.643. The van der Waals surface area contributed by atoms with Gasteiger partial charge < -0.3 is 5.73 Å². The maximum atomic E-state index is 5.98. The second-order valence-electron chi connectivity index (χ2n) is 3.12. The molecule has 0 amide bonds. The molecule has 0 aromatic carbocycles. The highest BCUT2D eigenvalue weighted by Crippen LogP contribution is 2.26. The molecule has 0 aliphatic carbocycles. The van der Waals surface area contributed by atoms with E-state index in [0.717, 1.165) is 16.3 Å². The summed E-state index contributed by atoms with van der Waals surface area (Å²) in [5.41, 5.74) is 7.55. The average molecular weight is 216 g/mol. The zero-order valence-electron chi connectivity index (χ0n) is 7.79. The van der Waals surface area contributed by atoms with Crippen molar-refractivity contribution in [2.24, 2.45) is 0 Å². The van der Waals surface area contributed by atoms with Crippen LogP contribution in [0.4, 0.5) is 5.82 Å². The minimum absolute atomic E-state index is 0.643. The van der Waals surface area contributed by atoms with Gasteiger partial charge in [-0.3, -0.25) is 9.38 Å². The van der Waals surface area contributed by atoms with E-state index >= 15 is 0 Å². The summed E-state index contributed by atoms with van der Waals surface area (Å²) in [4.78, 5) is 9.57. The molecule has 0 atom stereocenters. The number of nitrogens with zero attached hydrogens (tertiary/aromatic N) is 3. The zero-order valence-corrected chi connectivity index (χ0v) is 8.61. The van der Waals surface area contributed by atoms with Gasteiger partial charge in [-0.15, -0.1) is 11.3 Å². The first-order valence-corrected chi connectivity index (χ1v) is 5.36. The number of imidazole rings is 1. The molecule has 15 heavy (non-hydrogen) atoms. The van der Waals surface area contributed by atoms with Crippen molar-refractivity contribution < 1.29 is 0 Å². The molecule has 5 heteroatoms. The molecule has 3 aromatic rings. The fourth-order valence-corrected chi connectivity index (χ4v) is 2.22. The van der Waals surface area contributed by atoms with Crippen LogP contribution in [0.1, 0.15) is 0 Å². The van der Waals surface area contributed by atoms with Crippen molar-refractivity contribution in [2.45, 2.75) is 0 Å². The first kappa shape index (κ1) is 8.43. The molecule has 0 saturated heterocycles. The molecule has 74 valence electrons. The van der Waals surface area contributed by atoms with Gasteiger partial charge >= 0.3 is 0 Å². The van der Waals surface area contributed by atoms with Crippen LogP contribution in [0, 0.1) is 0 Å². The Morgan fingerprint density at radius 2 is 2.27 bits per heavy atom. The molecule has 2 N–H and O–H groups in total. The van der Waals surface area contributed by atoms with Crippen molar-refractivity contribution in [1.29, 1.82) is 0 Å². The number of hydrogen-bond donors (Lipinski definition) is 1. The third-order valence-electron chi connectivity index (χ3n) is 2.21. The number of aromatic nitrogens is 3.